The Hall–Kier alpha value is -3.22. The molecule has 1 atom stereocenters. The Morgan fingerprint density at radius 3 is 2.93 bits per heavy atom. The van der Waals surface area contributed by atoms with Crippen LogP contribution in [0.2, 0.25) is 0 Å². The summed E-state index contributed by atoms with van der Waals surface area (Å²) in [5.74, 6) is 0.0720. The number of rotatable bonds is 1. The number of amides is 1. The molecule has 29 heavy (non-hydrogen) atoms. The summed E-state index contributed by atoms with van der Waals surface area (Å²) in [5, 5.41) is 0.886. The lowest BCUT2D eigenvalue weighted by Gasteiger charge is -2.40. The number of nitrogen functional groups attached to an aromatic ring is 1. The number of benzene rings is 1. The smallest absolute Gasteiger partial charge is 0.263 e. The number of nitrogens with zero attached hydrogens (tertiary/aromatic N) is 4. The molecule has 3 heterocycles. The Morgan fingerprint density at radius 1 is 1.24 bits per heavy atom. The molecule has 1 unspecified atom stereocenters. The van der Waals surface area contributed by atoms with Crippen molar-refractivity contribution in [2.24, 2.45) is 7.05 Å². The molecule has 0 bridgehead atoms. The molecule has 1 spiro atoms. The van der Waals surface area contributed by atoms with Crippen LogP contribution in [0, 0.1) is 0 Å². The van der Waals surface area contributed by atoms with E-state index >= 15 is 0 Å². The summed E-state index contributed by atoms with van der Waals surface area (Å²) in [5.41, 5.74) is 8.55. The second-order valence-corrected chi connectivity index (χ2v) is 8.19. The number of pyridine rings is 1. The van der Waals surface area contributed by atoms with E-state index < -0.39 is 0 Å². The van der Waals surface area contributed by atoms with E-state index in [1.54, 1.807) is 17.7 Å². The standard InChI is InChI=1S/C22H23N5O2/c1-26-17-6-3-2-5-14(17)11-16(19(26)28)20(29)27-10-4-8-22(13-27)9-7-15-12-24-21(23)25-18(15)22/h2-3,5-6,11-12H,4,7-10,13H2,1H3,(H2,23,24,25). The zero-order valence-electron chi connectivity index (χ0n) is 16.4. The monoisotopic (exact) mass is 389 g/mol. The normalized spacial score (nSPS) is 20.9. The average Bonchev–Trinajstić information content (AvgIpc) is 3.07. The molecule has 1 aliphatic heterocycles. The number of hydrogen-bond donors (Lipinski definition) is 1. The first-order chi connectivity index (χ1) is 14.0. The summed E-state index contributed by atoms with van der Waals surface area (Å²) in [6.45, 7) is 1.21. The number of aromatic nitrogens is 3. The highest BCUT2D eigenvalue weighted by molar-refractivity contribution is 5.97. The lowest BCUT2D eigenvalue weighted by molar-refractivity contribution is 0.0631. The molecule has 2 aromatic heterocycles. The first-order valence-corrected chi connectivity index (χ1v) is 9.98. The maximum atomic E-state index is 13.4. The van der Waals surface area contributed by atoms with Crippen LogP contribution in [0.3, 0.4) is 0 Å². The third kappa shape index (κ3) is 2.72. The summed E-state index contributed by atoms with van der Waals surface area (Å²) in [7, 11) is 1.71. The number of anilines is 1. The predicted octanol–water partition coefficient (Wildman–Crippen LogP) is 2.03. The molecule has 1 aromatic carbocycles. The van der Waals surface area contributed by atoms with Crippen LogP contribution in [-0.4, -0.2) is 38.4 Å². The van der Waals surface area contributed by atoms with E-state index in [1.165, 1.54) is 0 Å². The minimum atomic E-state index is -0.258. The van der Waals surface area contributed by atoms with Gasteiger partial charge in [0.1, 0.15) is 5.56 Å². The number of hydrogen-bond acceptors (Lipinski definition) is 5. The molecule has 0 saturated carbocycles. The fraction of sp³-hybridized carbons (Fsp3) is 0.364. The molecule has 1 amide bonds. The summed E-state index contributed by atoms with van der Waals surface area (Å²) in [6.07, 6.45) is 5.49. The highest BCUT2D eigenvalue weighted by Gasteiger charge is 2.45. The zero-order chi connectivity index (χ0) is 20.2. The van der Waals surface area contributed by atoms with Crippen molar-refractivity contribution in [3.05, 3.63) is 63.7 Å². The molecule has 7 heteroatoms. The van der Waals surface area contributed by atoms with Gasteiger partial charge in [0.2, 0.25) is 5.95 Å². The van der Waals surface area contributed by atoms with E-state index in [0.717, 1.165) is 47.8 Å². The highest BCUT2D eigenvalue weighted by atomic mass is 16.2. The van der Waals surface area contributed by atoms with Crippen LogP contribution in [-0.2, 0) is 18.9 Å². The lowest BCUT2D eigenvalue weighted by Crippen LogP contribution is -2.49. The van der Waals surface area contributed by atoms with Crippen LogP contribution in [0.1, 0.15) is 40.9 Å². The minimum Gasteiger partial charge on any atom is -0.368 e. The second kappa shape index (κ2) is 6.40. The van der Waals surface area contributed by atoms with Gasteiger partial charge in [-0.3, -0.25) is 9.59 Å². The van der Waals surface area contributed by atoms with Crippen LogP contribution < -0.4 is 11.3 Å². The van der Waals surface area contributed by atoms with Gasteiger partial charge in [-0.15, -0.1) is 0 Å². The summed E-state index contributed by atoms with van der Waals surface area (Å²) in [6, 6.07) is 9.35. The summed E-state index contributed by atoms with van der Waals surface area (Å²) < 4.78 is 1.56. The molecule has 148 valence electrons. The number of carbonyl (C=O) groups excluding carboxylic acids is 1. The number of likely N-dealkylation sites (tertiary alicyclic amines) is 1. The molecular formula is C22H23N5O2. The third-order valence-electron chi connectivity index (χ3n) is 6.49. The fourth-order valence-electron chi connectivity index (χ4n) is 5.00. The third-order valence-corrected chi connectivity index (χ3v) is 6.49. The Bertz CT molecular complexity index is 1200. The maximum absolute atomic E-state index is 13.4. The molecule has 7 nitrogen and oxygen atoms in total. The Labute approximate surface area is 168 Å². The first kappa shape index (κ1) is 17.8. The van der Waals surface area contributed by atoms with Crippen LogP contribution in [0.15, 0.2) is 41.3 Å². The number of fused-ring (bicyclic) bond motifs is 3. The minimum absolute atomic E-state index is 0.192. The average molecular weight is 389 g/mol. The topological polar surface area (TPSA) is 94.1 Å². The van der Waals surface area contributed by atoms with E-state index in [0.29, 0.717) is 13.1 Å². The van der Waals surface area contributed by atoms with Crippen molar-refractivity contribution in [3.63, 3.8) is 0 Å². The second-order valence-electron chi connectivity index (χ2n) is 8.19. The van der Waals surface area contributed by atoms with E-state index in [4.69, 9.17) is 5.73 Å². The quantitative estimate of drug-likeness (QED) is 0.687. The highest BCUT2D eigenvalue weighted by Crippen LogP contribution is 2.44. The van der Waals surface area contributed by atoms with Crippen molar-refractivity contribution in [2.45, 2.75) is 31.1 Å². The molecule has 1 aliphatic carbocycles. The molecular weight excluding hydrogens is 366 g/mol. The number of para-hydroxylation sites is 1. The van der Waals surface area contributed by atoms with Crippen LogP contribution in [0.25, 0.3) is 10.9 Å². The number of nitrogens with two attached hydrogens (primary N) is 1. The zero-order valence-corrected chi connectivity index (χ0v) is 16.4. The van der Waals surface area contributed by atoms with Crippen molar-refractivity contribution in [3.8, 4) is 0 Å². The Balaban J connectivity index is 1.52. The van der Waals surface area contributed by atoms with Gasteiger partial charge in [-0.25, -0.2) is 9.97 Å². The predicted molar refractivity (Wildman–Crippen MR) is 111 cm³/mol. The summed E-state index contributed by atoms with van der Waals surface area (Å²) in [4.78, 5) is 36.8. The van der Waals surface area contributed by atoms with Gasteiger partial charge in [0.25, 0.3) is 11.5 Å². The number of aryl methyl sites for hydroxylation is 2. The van der Waals surface area contributed by atoms with E-state index in [-0.39, 0.29) is 28.4 Å². The van der Waals surface area contributed by atoms with Crippen molar-refractivity contribution in [1.29, 1.82) is 0 Å². The molecule has 2 aliphatic rings. The van der Waals surface area contributed by atoms with Crippen LogP contribution in [0.5, 0.6) is 0 Å². The maximum Gasteiger partial charge on any atom is 0.263 e. The van der Waals surface area contributed by atoms with Crippen molar-refractivity contribution < 1.29 is 4.79 Å². The van der Waals surface area contributed by atoms with E-state index in [1.807, 2.05) is 35.4 Å². The van der Waals surface area contributed by atoms with Gasteiger partial charge in [0.15, 0.2) is 0 Å². The largest absolute Gasteiger partial charge is 0.368 e. The molecule has 2 N–H and O–H groups in total. The molecule has 1 fully saturated rings. The number of piperidine rings is 1. The number of carbonyl (C=O) groups is 1. The Kier molecular flexibility index (Phi) is 3.94. The van der Waals surface area contributed by atoms with Crippen molar-refractivity contribution in [1.82, 2.24) is 19.4 Å². The van der Waals surface area contributed by atoms with Gasteiger partial charge in [0.05, 0.1) is 11.2 Å². The molecule has 5 rings (SSSR count). The van der Waals surface area contributed by atoms with Crippen molar-refractivity contribution >= 4 is 22.8 Å². The first-order valence-electron chi connectivity index (χ1n) is 9.98. The molecule has 0 radical (unpaired) electrons. The van der Waals surface area contributed by atoms with Crippen LogP contribution in [0.4, 0.5) is 5.95 Å². The van der Waals surface area contributed by atoms with Crippen molar-refractivity contribution in [2.75, 3.05) is 18.8 Å². The van der Waals surface area contributed by atoms with Gasteiger partial charge < -0.3 is 15.2 Å². The Morgan fingerprint density at radius 2 is 2.07 bits per heavy atom. The van der Waals surface area contributed by atoms with E-state index in [2.05, 4.69) is 9.97 Å². The fourth-order valence-corrected chi connectivity index (χ4v) is 5.00. The van der Waals surface area contributed by atoms with Gasteiger partial charge in [0, 0.05) is 31.7 Å². The SMILES string of the molecule is Cn1c(=O)c(C(=O)N2CCCC3(CCc4cnc(N)nc43)C2)cc2ccccc21. The molecule has 3 aromatic rings. The van der Waals surface area contributed by atoms with E-state index in [9.17, 15) is 9.59 Å². The van der Waals surface area contributed by atoms with Gasteiger partial charge in [-0.05, 0) is 48.8 Å². The van der Waals surface area contributed by atoms with Gasteiger partial charge >= 0.3 is 0 Å². The summed E-state index contributed by atoms with van der Waals surface area (Å²) >= 11 is 0. The van der Waals surface area contributed by atoms with Gasteiger partial charge in [-0.1, -0.05) is 18.2 Å². The molecule has 1 saturated heterocycles. The van der Waals surface area contributed by atoms with Gasteiger partial charge in [-0.2, -0.15) is 0 Å². The van der Waals surface area contributed by atoms with Crippen LogP contribution >= 0.6 is 0 Å². The lowest BCUT2D eigenvalue weighted by atomic mass is 9.77.